The highest BCUT2D eigenvalue weighted by molar-refractivity contribution is 7.90. The third-order valence-electron chi connectivity index (χ3n) is 2.30. The number of rotatable bonds is 3. The lowest BCUT2D eigenvalue weighted by molar-refractivity contribution is -0.134. The van der Waals surface area contributed by atoms with Crippen LogP contribution in [0.15, 0.2) is 0 Å². The Bertz CT molecular complexity index is 313. The molecule has 0 spiro atoms. The van der Waals surface area contributed by atoms with Crippen LogP contribution in [0.4, 0.5) is 0 Å². The Labute approximate surface area is 84.2 Å². The fourth-order valence-corrected chi connectivity index (χ4v) is 2.02. The molecule has 1 heterocycles. The monoisotopic (exact) mass is 220 g/mol. The number of nitrogens with two attached hydrogens (primary N) is 1. The Hall–Kier alpha value is -0.620. The zero-order valence-electron chi connectivity index (χ0n) is 8.27. The van der Waals surface area contributed by atoms with Gasteiger partial charge in [0.05, 0.1) is 11.8 Å². The highest BCUT2D eigenvalue weighted by Gasteiger charge is 2.25. The number of likely N-dealkylation sites (tertiary alicyclic amines) is 1. The summed E-state index contributed by atoms with van der Waals surface area (Å²) in [6.45, 7) is 0.896. The molecule has 0 aromatic heterocycles. The number of carbonyl (C=O) groups excluding carboxylic acids is 1. The van der Waals surface area contributed by atoms with Gasteiger partial charge in [0.2, 0.25) is 5.91 Å². The van der Waals surface area contributed by atoms with E-state index >= 15 is 0 Å². The molecule has 0 radical (unpaired) electrons. The molecule has 5 nitrogen and oxygen atoms in total. The molecule has 0 aliphatic carbocycles. The number of amides is 1. The average Bonchev–Trinajstić information content (AvgIpc) is 2.06. The third kappa shape index (κ3) is 3.26. The van der Waals surface area contributed by atoms with Gasteiger partial charge in [0.1, 0.15) is 9.84 Å². The fourth-order valence-electron chi connectivity index (χ4n) is 1.47. The molecule has 6 heteroatoms. The summed E-state index contributed by atoms with van der Waals surface area (Å²) in [7, 11) is -3.00. The van der Waals surface area contributed by atoms with Crippen LogP contribution >= 0.6 is 0 Å². The Balaban J connectivity index is 2.48. The Morgan fingerprint density at radius 3 is 2.79 bits per heavy atom. The Kier molecular flexibility index (Phi) is 3.49. The van der Waals surface area contributed by atoms with Crippen molar-refractivity contribution in [2.75, 3.05) is 25.1 Å². The highest BCUT2D eigenvalue weighted by Crippen LogP contribution is 2.09. The van der Waals surface area contributed by atoms with Gasteiger partial charge in [-0.1, -0.05) is 0 Å². The van der Waals surface area contributed by atoms with Crippen LogP contribution in [0.2, 0.25) is 0 Å². The van der Waals surface area contributed by atoms with E-state index in [9.17, 15) is 13.2 Å². The number of piperidine rings is 1. The molecule has 82 valence electrons. The largest absolute Gasteiger partial charge is 0.340 e. The maximum Gasteiger partial charge on any atom is 0.239 e. The van der Waals surface area contributed by atoms with E-state index in [4.69, 9.17) is 5.73 Å². The molecule has 1 unspecified atom stereocenters. The van der Waals surface area contributed by atoms with E-state index in [1.165, 1.54) is 11.2 Å². The molecule has 0 bridgehead atoms. The van der Waals surface area contributed by atoms with Gasteiger partial charge in [0, 0.05) is 19.3 Å². The molecular formula is C8H16N2O3S. The molecule has 0 aromatic carbocycles. The van der Waals surface area contributed by atoms with Gasteiger partial charge in [-0.25, -0.2) is 8.42 Å². The maximum atomic E-state index is 11.4. The second-order valence-corrected chi connectivity index (χ2v) is 5.96. The second kappa shape index (κ2) is 4.27. The molecular weight excluding hydrogens is 204 g/mol. The van der Waals surface area contributed by atoms with Gasteiger partial charge in [-0.3, -0.25) is 4.79 Å². The topological polar surface area (TPSA) is 80.5 Å². The van der Waals surface area contributed by atoms with Crippen molar-refractivity contribution in [3.63, 3.8) is 0 Å². The van der Waals surface area contributed by atoms with Crippen LogP contribution < -0.4 is 5.73 Å². The fraction of sp³-hybridized carbons (Fsp3) is 0.875. The molecule has 1 saturated heterocycles. The first-order valence-electron chi connectivity index (χ1n) is 4.62. The van der Waals surface area contributed by atoms with Crippen molar-refractivity contribution in [1.29, 1.82) is 0 Å². The highest BCUT2D eigenvalue weighted by atomic mass is 32.2. The Morgan fingerprint density at radius 1 is 1.57 bits per heavy atom. The summed E-state index contributed by atoms with van der Waals surface area (Å²) in [5.41, 5.74) is 5.57. The van der Waals surface area contributed by atoms with Crippen molar-refractivity contribution in [2.45, 2.75) is 18.9 Å². The average molecular weight is 220 g/mol. The molecule has 1 amide bonds. The summed E-state index contributed by atoms with van der Waals surface area (Å²) < 4.78 is 21.8. The maximum absolute atomic E-state index is 11.4. The van der Waals surface area contributed by atoms with Crippen LogP contribution in [-0.2, 0) is 14.6 Å². The van der Waals surface area contributed by atoms with E-state index in [1.54, 1.807) is 0 Å². The molecule has 1 atom stereocenters. The second-order valence-electron chi connectivity index (χ2n) is 3.70. The zero-order valence-corrected chi connectivity index (χ0v) is 9.09. The van der Waals surface area contributed by atoms with Crippen molar-refractivity contribution >= 4 is 15.7 Å². The number of carbonyl (C=O) groups is 1. The summed E-state index contributed by atoms with van der Waals surface area (Å²) in [4.78, 5) is 13.0. The van der Waals surface area contributed by atoms with E-state index in [0.29, 0.717) is 13.0 Å². The van der Waals surface area contributed by atoms with E-state index in [-0.39, 0.29) is 18.2 Å². The molecule has 14 heavy (non-hydrogen) atoms. The smallest absolute Gasteiger partial charge is 0.239 e. The van der Waals surface area contributed by atoms with Gasteiger partial charge < -0.3 is 10.6 Å². The molecule has 1 aliphatic rings. The zero-order chi connectivity index (χ0) is 10.8. The van der Waals surface area contributed by atoms with Gasteiger partial charge in [-0.2, -0.15) is 0 Å². The Morgan fingerprint density at radius 2 is 2.21 bits per heavy atom. The van der Waals surface area contributed by atoms with Crippen molar-refractivity contribution in [1.82, 2.24) is 4.90 Å². The van der Waals surface area contributed by atoms with Gasteiger partial charge in [-0.05, 0) is 12.8 Å². The van der Waals surface area contributed by atoms with Crippen LogP contribution in [-0.4, -0.2) is 50.4 Å². The summed E-state index contributed by atoms with van der Waals surface area (Å²) in [6.07, 6.45) is 2.73. The standard InChI is InChI=1S/C8H16N2O3S/c1-14(12,13)6-5-10-4-2-3-7(9)8(10)11/h7H,2-6,9H2,1H3. The molecule has 1 rings (SSSR count). The molecule has 0 saturated carbocycles. The minimum Gasteiger partial charge on any atom is -0.340 e. The molecule has 1 aliphatic heterocycles. The van der Waals surface area contributed by atoms with E-state index in [1.807, 2.05) is 0 Å². The van der Waals surface area contributed by atoms with Crippen LogP contribution in [0.1, 0.15) is 12.8 Å². The summed E-state index contributed by atoms with van der Waals surface area (Å²) >= 11 is 0. The van der Waals surface area contributed by atoms with Crippen LogP contribution in [0.3, 0.4) is 0 Å². The van der Waals surface area contributed by atoms with Gasteiger partial charge in [0.25, 0.3) is 0 Å². The number of nitrogens with zero attached hydrogens (tertiary/aromatic N) is 1. The van der Waals surface area contributed by atoms with Crippen molar-refractivity contribution in [2.24, 2.45) is 5.73 Å². The van der Waals surface area contributed by atoms with Crippen molar-refractivity contribution in [3.8, 4) is 0 Å². The molecule has 0 aromatic rings. The SMILES string of the molecule is CS(=O)(=O)CCN1CCCC(N)C1=O. The van der Waals surface area contributed by atoms with Crippen LogP contribution in [0, 0.1) is 0 Å². The third-order valence-corrected chi connectivity index (χ3v) is 3.23. The van der Waals surface area contributed by atoms with Crippen molar-refractivity contribution in [3.05, 3.63) is 0 Å². The number of sulfone groups is 1. The molecule has 1 fully saturated rings. The predicted octanol–water partition coefficient (Wildman–Crippen LogP) is -1.02. The molecule has 2 N–H and O–H groups in total. The summed E-state index contributed by atoms with van der Waals surface area (Å²) in [6, 6.07) is -0.441. The first kappa shape index (κ1) is 11.5. The van der Waals surface area contributed by atoms with Gasteiger partial charge in [0.15, 0.2) is 0 Å². The lowest BCUT2D eigenvalue weighted by Crippen LogP contribution is -2.49. The van der Waals surface area contributed by atoms with E-state index in [2.05, 4.69) is 0 Å². The minimum atomic E-state index is -3.00. The summed E-state index contributed by atoms with van der Waals surface area (Å²) in [5.74, 6) is -0.106. The van der Waals surface area contributed by atoms with Gasteiger partial charge >= 0.3 is 0 Å². The van der Waals surface area contributed by atoms with Gasteiger partial charge in [-0.15, -0.1) is 0 Å². The van der Waals surface area contributed by atoms with Crippen LogP contribution in [0.25, 0.3) is 0 Å². The minimum absolute atomic E-state index is 0.0193. The van der Waals surface area contributed by atoms with E-state index in [0.717, 1.165) is 6.42 Å². The summed E-state index contributed by atoms with van der Waals surface area (Å²) in [5, 5.41) is 0. The van der Waals surface area contributed by atoms with E-state index < -0.39 is 15.9 Å². The predicted molar refractivity (Wildman–Crippen MR) is 53.5 cm³/mol. The number of hydrogen-bond donors (Lipinski definition) is 1. The first-order chi connectivity index (χ1) is 6.40. The van der Waals surface area contributed by atoms with Crippen molar-refractivity contribution < 1.29 is 13.2 Å². The lowest BCUT2D eigenvalue weighted by atomic mass is 10.1. The lowest BCUT2D eigenvalue weighted by Gasteiger charge is -2.30. The van der Waals surface area contributed by atoms with Crippen LogP contribution in [0.5, 0.6) is 0 Å². The quantitative estimate of drug-likeness (QED) is 0.660. The normalized spacial score (nSPS) is 24.0. The number of hydrogen-bond acceptors (Lipinski definition) is 4. The first-order valence-corrected chi connectivity index (χ1v) is 6.68.